The number of carbonyl (C=O) groups is 1. The summed E-state index contributed by atoms with van der Waals surface area (Å²) >= 11 is 0. The Morgan fingerprint density at radius 3 is 2.31 bits per heavy atom. The molecule has 1 aromatic heterocycles. The number of aliphatic carboxylic acids is 1. The molecule has 2 fully saturated rings. The number of hydrogen-bond donors (Lipinski definition) is 1. The van der Waals surface area contributed by atoms with Crippen LogP contribution in [-0.4, -0.2) is 60.4 Å². The molecule has 3 heterocycles. The molecule has 0 aliphatic carbocycles. The molecule has 0 amide bonds. The van der Waals surface area contributed by atoms with Crippen molar-refractivity contribution >= 4 is 28.6 Å². The van der Waals surface area contributed by atoms with E-state index in [1.165, 1.54) is 0 Å². The zero-order chi connectivity index (χ0) is 18.1. The number of piperidine rings is 1. The molecule has 0 bridgehead atoms. The molecule has 138 valence electrons. The molecule has 2 saturated heterocycles. The van der Waals surface area contributed by atoms with Gasteiger partial charge in [-0.15, -0.1) is 0 Å². The molecule has 1 N–H and O–H groups in total. The van der Waals surface area contributed by atoms with Gasteiger partial charge in [0.2, 0.25) is 0 Å². The van der Waals surface area contributed by atoms with E-state index in [9.17, 15) is 9.90 Å². The van der Waals surface area contributed by atoms with Crippen molar-refractivity contribution in [2.45, 2.75) is 13.3 Å². The standard InChI is InChI=1S/C19H24N4O3/c1-13-10-14(19(24)25)12-23(11-13)18-17(22-6-8-26-9-7-22)20-15-4-2-3-5-16(15)21-18/h2-5,13-14H,6-12H2,1H3,(H,24,25). The number of para-hydroxylation sites is 2. The highest BCUT2D eigenvalue weighted by Gasteiger charge is 2.32. The minimum absolute atomic E-state index is 0.302. The number of fused-ring (bicyclic) bond motifs is 1. The Kier molecular flexibility index (Phi) is 4.63. The number of nitrogens with zero attached hydrogens (tertiary/aromatic N) is 4. The molecule has 2 aliphatic heterocycles. The van der Waals surface area contributed by atoms with Gasteiger partial charge in [-0.25, -0.2) is 9.97 Å². The molecule has 2 atom stereocenters. The Bertz CT molecular complexity index is 806. The Labute approximate surface area is 152 Å². The fourth-order valence-corrected chi connectivity index (χ4v) is 3.88. The van der Waals surface area contributed by atoms with Crippen LogP contribution in [0.1, 0.15) is 13.3 Å². The van der Waals surface area contributed by atoms with Crippen LogP contribution in [0.3, 0.4) is 0 Å². The number of carboxylic acids is 1. The highest BCUT2D eigenvalue weighted by molar-refractivity contribution is 5.81. The summed E-state index contributed by atoms with van der Waals surface area (Å²) in [6.07, 6.45) is 0.708. The van der Waals surface area contributed by atoms with Crippen molar-refractivity contribution < 1.29 is 14.6 Å². The van der Waals surface area contributed by atoms with Crippen molar-refractivity contribution in [2.75, 3.05) is 49.2 Å². The third-order valence-corrected chi connectivity index (χ3v) is 5.15. The molecule has 2 unspecified atom stereocenters. The minimum atomic E-state index is -0.733. The minimum Gasteiger partial charge on any atom is -0.481 e. The average molecular weight is 356 g/mol. The molecule has 0 saturated carbocycles. The molecule has 4 rings (SSSR count). The third-order valence-electron chi connectivity index (χ3n) is 5.15. The van der Waals surface area contributed by atoms with Crippen LogP contribution >= 0.6 is 0 Å². The molecule has 0 spiro atoms. The van der Waals surface area contributed by atoms with Crippen molar-refractivity contribution in [1.82, 2.24) is 9.97 Å². The second-order valence-corrected chi connectivity index (χ2v) is 7.24. The summed E-state index contributed by atoms with van der Waals surface area (Å²) in [6.45, 7) is 6.25. The smallest absolute Gasteiger partial charge is 0.308 e. The van der Waals surface area contributed by atoms with E-state index in [4.69, 9.17) is 14.7 Å². The first-order valence-electron chi connectivity index (χ1n) is 9.19. The van der Waals surface area contributed by atoms with Gasteiger partial charge in [-0.2, -0.15) is 0 Å². The van der Waals surface area contributed by atoms with Gasteiger partial charge in [0.25, 0.3) is 0 Å². The molecule has 2 aliphatic rings. The lowest BCUT2D eigenvalue weighted by Gasteiger charge is -2.38. The van der Waals surface area contributed by atoms with Crippen molar-refractivity contribution in [3.05, 3.63) is 24.3 Å². The zero-order valence-electron chi connectivity index (χ0n) is 15.0. The maximum atomic E-state index is 11.6. The largest absolute Gasteiger partial charge is 0.481 e. The lowest BCUT2D eigenvalue weighted by molar-refractivity contribution is -0.142. The maximum absolute atomic E-state index is 11.6. The normalized spacial score (nSPS) is 24.0. The van der Waals surface area contributed by atoms with Crippen LogP contribution in [0, 0.1) is 11.8 Å². The molecule has 7 heteroatoms. The number of ether oxygens (including phenoxy) is 1. The van der Waals surface area contributed by atoms with Gasteiger partial charge in [0.1, 0.15) is 0 Å². The molecular weight excluding hydrogens is 332 g/mol. The van der Waals surface area contributed by atoms with E-state index in [-0.39, 0.29) is 5.92 Å². The number of rotatable bonds is 3. The Morgan fingerprint density at radius 2 is 1.69 bits per heavy atom. The van der Waals surface area contributed by atoms with Gasteiger partial charge in [0.15, 0.2) is 11.6 Å². The monoisotopic (exact) mass is 356 g/mol. The quantitative estimate of drug-likeness (QED) is 0.901. The van der Waals surface area contributed by atoms with Crippen LogP contribution in [-0.2, 0) is 9.53 Å². The van der Waals surface area contributed by atoms with Gasteiger partial charge < -0.3 is 19.6 Å². The van der Waals surface area contributed by atoms with E-state index in [1.54, 1.807) is 0 Å². The summed E-state index contributed by atoms with van der Waals surface area (Å²) in [4.78, 5) is 25.7. The van der Waals surface area contributed by atoms with Crippen molar-refractivity contribution in [3.8, 4) is 0 Å². The van der Waals surface area contributed by atoms with Gasteiger partial charge in [-0.3, -0.25) is 4.79 Å². The lowest BCUT2D eigenvalue weighted by atomic mass is 9.90. The molecular formula is C19H24N4O3. The van der Waals surface area contributed by atoms with E-state index >= 15 is 0 Å². The molecule has 2 aromatic rings. The van der Waals surface area contributed by atoms with Gasteiger partial charge in [0, 0.05) is 26.2 Å². The number of anilines is 2. The zero-order valence-corrected chi connectivity index (χ0v) is 15.0. The molecule has 7 nitrogen and oxygen atoms in total. The summed E-state index contributed by atoms with van der Waals surface area (Å²) in [6, 6.07) is 7.84. The highest BCUT2D eigenvalue weighted by Crippen LogP contribution is 2.33. The van der Waals surface area contributed by atoms with E-state index in [1.807, 2.05) is 24.3 Å². The second kappa shape index (κ2) is 7.07. The summed E-state index contributed by atoms with van der Waals surface area (Å²) in [7, 11) is 0. The summed E-state index contributed by atoms with van der Waals surface area (Å²) in [5.74, 6) is 0.831. The van der Waals surface area contributed by atoms with Crippen molar-refractivity contribution in [2.24, 2.45) is 11.8 Å². The van der Waals surface area contributed by atoms with Crippen molar-refractivity contribution in [3.63, 3.8) is 0 Å². The Morgan fingerprint density at radius 1 is 1.08 bits per heavy atom. The van der Waals surface area contributed by atoms with E-state index in [2.05, 4.69) is 16.7 Å². The molecule has 26 heavy (non-hydrogen) atoms. The first kappa shape index (κ1) is 17.0. The van der Waals surface area contributed by atoms with Crippen LogP contribution in [0.4, 0.5) is 11.6 Å². The van der Waals surface area contributed by atoms with Crippen LogP contribution < -0.4 is 9.80 Å². The number of aromatic nitrogens is 2. The third kappa shape index (κ3) is 3.31. The molecule has 1 aromatic carbocycles. The highest BCUT2D eigenvalue weighted by atomic mass is 16.5. The molecule has 0 radical (unpaired) electrons. The SMILES string of the molecule is CC1CC(C(=O)O)CN(c2nc3ccccc3nc2N2CCOCC2)C1. The topological polar surface area (TPSA) is 78.8 Å². The van der Waals surface area contributed by atoms with Crippen LogP contribution in [0.15, 0.2) is 24.3 Å². The maximum Gasteiger partial charge on any atom is 0.308 e. The van der Waals surface area contributed by atoms with Crippen LogP contribution in [0.25, 0.3) is 11.0 Å². The number of hydrogen-bond acceptors (Lipinski definition) is 6. The lowest BCUT2D eigenvalue weighted by Crippen LogP contribution is -2.44. The number of benzene rings is 1. The predicted molar refractivity (Wildman–Crippen MR) is 99.7 cm³/mol. The van der Waals surface area contributed by atoms with E-state index in [0.717, 1.165) is 42.3 Å². The first-order valence-corrected chi connectivity index (χ1v) is 9.19. The van der Waals surface area contributed by atoms with E-state index < -0.39 is 5.97 Å². The average Bonchev–Trinajstić information content (AvgIpc) is 2.67. The van der Waals surface area contributed by atoms with Gasteiger partial charge in [-0.1, -0.05) is 19.1 Å². The summed E-state index contributed by atoms with van der Waals surface area (Å²) in [5, 5.41) is 9.52. The Balaban J connectivity index is 1.77. The summed E-state index contributed by atoms with van der Waals surface area (Å²) < 4.78 is 5.48. The van der Waals surface area contributed by atoms with Gasteiger partial charge in [-0.05, 0) is 24.5 Å². The fourth-order valence-electron chi connectivity index (χ4n) is 3.88. The van der Waals surface area contributed by atoms with Gasteiger partial charge >= 0.3 is 5.97 Å². The van der Waals surface area contributed by atoms with E-state index in [0.29, 0.717) is 32.1 Å². The van der Waals surface area contributed by atoms with Crippen LogP contribution in [0.2, 0.25) is 0 Å². The summed E-state index contributed by atoms with van der Waals surface area (Å²) in [5.41, 5.74) is 1.70. The van der Waals surface area contributed by atoms with Crippen molar-refractivity contribution in [1.29, 1.82) is 0 Å². The number of morpholine rings is 1. The predicted octanol–water partition coefficient (Wildman–Crippen LogP) is 2.01. The number of carboxylic acid groups (broad SMARTS) is 1. The Hall–Kier alpha value is -2.41. The fraction of sp³-hybridized carbons (Fsp3) is 0.526. The first-order chi connectivity index (χ1) is 12.6. The second-order valence-electron chi connectivity index (χ2n) is 7.24. The van der Waals surface area contributed by atoms with Gasteiger partial charge in [0.05, 0.1) is 30.2 Å². The van der Waals surface area contributed by atoms with Crippen LogP contribution in [0.5, 0.6) is 0 Å².